The molecule has 0 unspecified atom stereocenters. The van der Waals surface area contributed by atoms with Crippen molar-refractivity contribution in [1.29, 1.82) is 0 Å². The van der Waals surface area contributed by atoms with Gasteiger partial charge in [0, 0.05) is 24.8 Å². The highest BCUT2D eigenvalue weighted by molar-refractivity contribution is 5.65. The molecule has 1 heterocycles. The zero-order chi connectivity index (χ0) is 20.8. The van der Waals surface area contributed by atoms with Gasteiger partial charge in [-0.05, 0) is 45.8 Å². The largest absolute Gasteiger partial charge is 0.279 e. The van der Waals surface area contributed by atoms with Gasteiger partial charge < -0.3 is 0 Å². The standard InChI is InChI=1S/C21H17N7O2/c29-28(30)20-12-8-18(9-13-20)23-22-15-14-21-24-25-26-27(21)19-10-6-17(7-11-19)16-4-2-1-3-5-16/h1-13,15,23H,14H2/b22-15-. The number of aromatic nitrogens is 4. The second kappa shape index (κ2) is 8.74. The quantitative estimate of drug-likeness (QED) is 0.287. The molecule has 0 aliphatic heterocycles. The summed E-state index contributed by atoms with van der Waals surface area (Å²) < 4.78 is 1.66. The minimum absolute atomic E-state index is 0.0296. The van der Waals surface area contributed by atoms with E-state index in [9.17, 15) is 10.1 Å². The molecule has 9 heteroatoms. The van der Waals surface area contributed by atoms with E-state index in [2.05, 4.69) is 38.2 Å². The number of hydrogen-bond donors (Lipinski definition) is 1. The average Bonchev–Trinajstić information content (AvgIpc) is 3.26. The van der Waals surface area contributed by atoms with Crippen molar-refractivity contribution in [2.45, 2.75) is 6.42 Å². The number of anilines is 1. The zero-order valence-electron chi connectivity index (χ0n) is 15.8. The molecular weight excluding hydrogens is 382 g/mol. The van der Waals surface area contributed by atoms with Crippen molar-refractivity contribution in [1.82, 2.24) is 20.2 Å². The minimum atomic E-state index is -0.445. The van der Waals surface area contributed by atoms with Crippen molar-refractivity contribution in [2.24, 2.45) is 5.10 Å². The lowest BCUT2D eigenvalue weighted by atomic mass is 10.1. The summed E-state index contributed by atoms with van der Waals surface area (Å²) in [6.07, 6.45) is 2.05. The average molecular weight is 399 g/mol. The fraction of sp³-hybridized carbons (Fsp3) is 0.0476. The van der Waals surface area contributed by atoms with Gasteiger partial charge in [-0.25, -0.2) is 0 Å². The fourth-order valence-electron chi connectivity index (χ4n) is 2.86. The molecule has 0 saturated carbocycles. The van der Waals surface area contributed by atoms with Crippen molar-refractivity contribution >= 4 is 17.6 Å². The number of non-ortho nitro benzene ring substituents is 1. The van der Waals surface area contributed by atoms with Crippen LogP contribution < -0.4 is 5.43 Å². The van der Waals surface area contributed by atoms with Crippen LogP contribution in [0.15, 0.2) is 84.0 Å². The third-order valence-corrected chi connectivity index (χ3v) is 4.39. The first-order valence-corrected chi connectivity index (χ1v) is 9.16. The molecule has 3 aromatic carbocycles. The molecule has 148 valence electrons. The van der Waals surface area contributed by atoms with E-state index in [0.717, 1.165) is 16.8 Å². The van der Waals surface area contributed by atoms with Gasteiger partial charge in [0.15, 0.2) is 5.82 Å². The van der Waals surface area contributed by atoms with Crippen molar-refractivity contribution < 1.29 is 4.92 Å². The van der Waals surface area contributed by atoms with Gasteiger partial charge >= 0.3 is 0 Å². The maximum atomic E-state index is 10.7. The molecule has 0 amide bonds. The third-order valence-electron chi connectivity index (χ3n) is 4.39. The molecule has 0 aliphatic rings. The summed E-state index contributed by atoms with van der Waals surface area (Å²) in [5.41, 5.74) is 6.61. The molecule has 4 aromatic rings. The molecule has 0 spiro atoms. The van der Waals surface area contributed by atoms with Crippen molar-refractivity contribution in [3.63, 3.8) is 0 Å². The van der Waals surface area contributed by atoms with Gasteiger partial charge in [0.05, 0.1) is 16.3 Å². The van der Waals surface area contributed by atoms with Crippen molar-refractivity contribution in [2.75, 3.05) is 5.43 Å². The molecule has 0 bridgehead atoms. The van der Waals surface area contributed by atoms with Crippen LogP contribution in [0.1, 0.15) is 5.82 Å². The number of benzene rings is 3. The molecule has 0 aliphatic carbocycles. The number of hydrazone groups is 1. The SMILES string of the molecule is O=[N+]([O-])c1ccc(N/N=C\Cc2nnnn2-c2ccc(-c3ccccc3)cc2)cc1. The van der Waals surface area contributed by atoms with Crippen molar-refractivity contribution in [3.05, 3.63) is 94.8 Å². The van der Waals surface area contributed by atoms with Crippen LogP contribution in [0.3, 0.4) is 0 Å². The van der Waals surface area contributed by atoms with Crippen LogP contribution in [-0.2, 0) is 6.42 Å². The Bertz CT molecular complexity index is 1150. The Morgan fingerprint density at radius 2 is 1.67 bits per heavy atom. The fourth-order valence-corrected chi connectivity index (χ4v) is 2.86. The summed E-state index contributed by atoms with van der Waals surface area (Å²) in [5, 5.41) is 26.7. The topological polar surface area (TPSA) is 111 Å². The smallest absolute Gasteiger partial charge is 0.269 e. The minimum Gasteiger partial charge on any atom is -0.279 e. The van der Waals surface area contributed by atoms with Crippen LogP contribution in [0.5, 0.6) is 0 Å². The highest BCUT2D eigenvalue weighted by atomic mass is 16.6. The lowest BCUT2D eigenvalue weighted by Crippen LogP contribution is -2.04. The number of tetrazole rings is 1. The van der Waals surface area contributed by atoms with E-state index in [0.29, 0.717) is 17.9 Å². The lowest BCUT2D eigenvalue weighted by molar-refractivity contribution is -0.384. The Kier molecular flexibility index (Phi) is 5.52. The highest BCUT2D eigenvalue weighted by Crippen LogP contribution is 2.20. The molecule has 1 aromatic heterocycles. The van der Waals surface area contributed by atoms with E-state index in [1.54, 1.807) is 23.0 Å². The zero-order valence-corrected chi connectivity index (χ0v) is 15.8. The molecule has 0 radical (unpaired) electrons. The normalized spacial score (nSPS) is 10.9. The Morgan fingerprint density at radius 1 is 0.967 bits per heavy atom. The molecule has 0 atom stereocenters. The number of nitro benzene ring substituents is 1. The number of nitrogens with one attached hydrogen (secondary N) is 1. The number of hydrogen-bond acceptors (Lipinski definition) is 7. The summed E-state index contributed by atoms with van der Waals surface area (Å²) in [5.74, 6) is 0.636. The second-order valence-corrected chi connectivity index (χ2v) is 6.35. The number of nitrogens with zero attached hydrogens (tertiary/aromatic N) is 6. The summed E-state index contributed by atoms with van der Waals surface area (Å²) in [7, 11) is 0. The van der Waals surface area contributed by atoms with E-state index in [1.807, 2.05) is 42.5 Å². The van der Waals surface area contributed by atoms with Gasteiger partial charge in [-0.15, -0.1) is 5.10 Å². The Balaban J connectivity index is 1.41. The van der Waals surface area contributed by atoms with Gasteiger partial charge in [0.25, 0.3) is 5.69 Å². The van der Waals surface area contributed by atoms with Crippen LogP contribution in [0.2, 0.25) is 0 Å². The van der Waals surface area contributed by atoms with Gasteiger partial charge in [0.2, 0.25) is 0 Å². The van der Waals surface area contributed by atoms with Crippen LogP contribution in [-0.4, -0.2) is 31.3 Å². The van der Waals surface area contributed by atoms with E-state index >= 15 is 0 Å². The second-order valence-electron chi connectivity index (χ2n) is 6.35. The van der Waals surface area contributed by atoms with Crippen LogP contribution in [0, 0.1) is 10.1 Å². The highest BCUT2D eigenvalue weighted by Gasteiger charge is 2.08. The Labute approximate surface area is 171 Å². The van der Waals surface area contributed by atoms with E-state index in [4.69, 9.17) is 0 Å². The van der Waals surface area contributed by atoms with Crippen LogP contribution >= 0.6 is 0 Å². The summed E-state index contributed by atoms with van der Waals surface area (Å²) in [4.78, 5) is 10.2. The monoisotopic (exact) mass is 399 g/mol. The van der Waals surface area contributed by atoms with E-state index < -0.39 is 4.92 Å². The van der Waals surface area contributed by atoms with Gasteiger partial charge in [0.1, 0.15) is 0 Å². The first-order chi connectivity index (χ1) is 14.7. The molecule has 30 heavy (non-hydrogen) atoms. The maximum absolute atomic E-state index is 10.7. The summed E-state index contributed by atoms with van der Waals surface area (Å²) >= 11 is 0. The van der Waals surface area contributed by atoms with Gasteiger partial charge in [-0.1, -0.05) is 42.5 Å². The predicted molar refractivity (Wildman–Crippen MR) is 114 cm³/mol. The van der Waals surface area contributed by atoms with E-state index in [1.165, 1.54) is 12.1 Å². The molecular formula is C21H17N7O2. The van der Waals surface area contributed by atoms with Crippen molar-refractivity contribution in [3.8, 4) is 16.8 Å². The summed E-state index contributed by atoms with van der Waals surface area (Å²) in [6.45, 7) is 0. The number of rotatable bonds is 7. The molecule has 4 rings (SSSR count). The number of nitro groups is 1. The molecule has 1 N–H and O–H groups in total. The van der Waals surface area contributed by atoms with Crippen LogP contribution in [0.4, 0.5) is 11.4 Å². The third kappa shape index (κ3) is 4.36. The first-order valence-electron chi connectivity index (χ1n) is 9.16. The lowest BCUT2D eigenvalue weighted by Gasteiger charge is -2.05. The molecule has 9 nitrogen and oxygen atoms in total. The maximum Gasteiger partial charge on any atom is 0.269 e. The van der Waals surface area contributed by atoms with Crippen LogP contribution in [0.25, 0.3) is 16.8 Å². The molecule has 0 saturated heterocycles. The Hall–Kier alpha value is -4.40. The van der Waals surface area contributed by atoms with Gasteiger partial charge in [-0.3, -0.25) is 15.5 Å². The first kappa shape index (κ1) is 18.9. The predicted octanol–water partition coefficient (Wildman–Crippen LogP) is 3.88. The Morgan fingerprint density at radius 3 is 2.37 bits per heavy atom. The summed E-state index contributed by atoms with van der Waals surface area (Å²) in [6, 6.07) is 24.1. The van der Waals surface area contributed by atoms with E-state index in [-0.39, 0.29) is 5.69 Å². The van der Waals surface area contributed by atoms with Gasteiger partial charge in [-0.2, -0.15) is 9.78 Å². The molecule has 0 fully saturated rings.